The largest absolute Gasteiger partial charge is 0.481 e. The summed E-state index contributed by atoms with van der Waals surface area (Å²) in [6.07, 6.45) is 7.02. The first-order valence-electron chi connectivity index (χ1n) is 18.3. The number of hydrogen-bond acceptors (Lipinski definition) is 13. The highest BCUT2D eigenvalue weighted by Gasteiger charge is 2.18. The Morgan fingerprint density at radius 1 is 0.684 bits per heavy atom. The molecule has 1 aromatic heterocycles. The van der Waals surface area contributed by atoms with E-state index in [0.29, 0.717) is 29.9 Å². The van der Waals surface area contributed by atoms with Gasteiger partial charge in [-0.05, 0) is 67.3 Å². The zero-order valence-corrected chi connectivity index (χ0v) is 32.3. The minimum absolute atomic E-state index is 0.00334. The molecule has 0 atom stereocenters. The summed E-state index contributed by atoms with van der Waals surface area (Å²) in [6.45, 7) is 0.908. The van der Waals surface area contributed by atoms with Gasteiger partial charge in [-0.25, -0.2) is 27.6 Å². The summed E-state index contributed by atoms with van der Waals surface area (Å²) in [5.74, 6) is -2.79. The number of unbranched alkanes of at least 4 members (excludes halogenated alkanes) is 4. The van der Waals surface area contributed by atoms with Crippen LogP contribution in [-0.4, -0.2) is 118 Å². The Hall–Kier alpha value is -5.08. The Morgan fingerprint density at radius 3 is 1.95 bits per heavy atom. The number of rotatable bonds is 30. The van der Waals surface area contributed by atoms with Crippen LogP contribution in [0.25, 0.3) is 0 Å². The van der Waals surface area contributed by atoms with E-state index in [0.717, 1.165) is 25.7 Å². The molecule has 0 aliphatic rings. The summed E-state index contributed by atoms with van der Waals surface area (Å²) in [5, 5.41) is 22.4. The first-order chi connectivity index (χ1) is 27.4. The molecule has 0 bridgehead atoms. The van der Waals surface area contributed by atoms with Crippen molar-refractivity contribution in [2.24, 2.45) is 0 Å². The molecule has 2 amide bonds. The van der Waals surface area contributed by atoms with Crippen molar-refractivity contribution in [2.75, 3.05) is 65.9 Å². The minimum Gasteiger partial charge on any atom is -0.481 e. The second-order valence-corrected chi connectivity index (χ2v) is 14.5. The smallest absolute Gasteiger partial charge is 0.329 e. The van der Waals surface area contributed by atoms with Gasteiger partial charge in [0.25, 0.3) is 5.91 Å². The van der Waals surface area contributed by atoms with Crippen LogP contribution in [0, 0.1) is 5.82 Å². The number of sulfone groups is 1. The Labute approximate surface area is 330 Å². The molecule has 1 heterocycles. The molecule has 0 radical (unpaired) electrons. The first kappa shape index (κ1) is 46.3. The highest BCUT2D eigenvalue weighted by atomic mass is 32.2. The lowest BCUT2D eigenvalue weighted by atomic mass is 10.0. The van der Waals surface area contributed by atoms with E-state index < -0.39 is 40.0 Å². The number of aryl methyl sites for hydroxylation is 1. The van der Waals surface area contributed by atoms with Crippen LogP contribution in [0.3, 0.4) is 0 Å². The maximum absolute atomic E-state index is 14.4. The zero-order valence-electron chi connectivity index (χ0n) is 31.5. The number of ether oxygens (including phenoxy) is 5. The fourth-order valence-electron chi connectivity index (χ4n) is 5.00. The number of halogens is 1. The highest BCUT2D eigenvalue weighted by molar-refractivity contribution is 7.90. The summed E-state index contributed by atoms with van der Waals surface area (Å²) in [4.78, 5) is 53.2. The molecule has 0 fully saturated rings. The summed E-state index contributed by atoms with van der Waals surface area (Å²) in [5.41, 5.74) is 0.622. The molecule has 0 spiro atoms. The van der Waals surface area contributed by atoms with Crippen molar-refractivity contribution in [1.82, 2.24) is 20.6 Å². The van der Waals surface area contributed by atoms with E-state index in [1.165, 1.54) is 48.8 Å². The summed E-state index contributed by atoms with van der Waals surface area (Å²) < 4.78 is 67.0. The number of nitrogens with one attached hydrogen (secondary N) is 2. The van der Waals surface area contributed by atoms with E-state index >= 15 is 0 Å². The monoisotopic (exact) mass is 820 g/mol. The molecule has 0 saturated carbocycles. The van der Waals surface area contributed by atoms with Crippen molar-refractivity contribution in [2.45, 2.75) is 55.6 Å². The number of aromatic nitrogens is 2. The predicted molar refractivity (Wildman–Crippen MR) is 201 cm³/mol. The van der Waals surface area contributed by atoms with Gasteiger partial charge in [0.15, 0.2) is 9.84 Å². The van der Waals surface area contributed by atoms with Crippen molar-refractivity contribution in [1.29, 1.82) is 0 Å². The number of carbonyl (C=O) groups excluding carboxylic acids is 2. The van der Waals surface area contributed by atoms with Crippen LogP contribution >= 0.6 is 0 Å². The van der Waals surface area contributed by atoms with Gasteiger partial charge in [-0.3, -0.25) is 14.4 Å². The van der Waals surface area contributed by atoms with Crippen LogP contribution in [0.15, 0.2) is 59.8 Å². The molecule has 0 aliphatic heterocycles. The number of nitrogens with zero attached hydrogens (tertiary/aromatic N) is 2. The van der Waals surface area contributed by atoms with Gasteiger partial charge in [0.05, 0.1) is 50.1 Å². The van der Waals surface area contributed by atoms with Crippen molar-refractivity contribution in [3.05, 3.63) is 77.6 Å². The molecule has 57 heavy (non-hydrogen) atoms. The lowest BCUT2D eigenvalue weighted by Gasteiger charge is -2.10. The predicted octanol–water partition coefficient (Wildman–Crippen LogP) is 3.35. The molecule has 4 N–H and O–H groups in total. The average molecular weight is 821 g/mol. The van der Waals surface area contributed by atoms with Gasteiger partial charge in [-0.15, -0.1) is 0 Å². The topological polar surface area (TPSA) is 239 Å². The highest BCUT2D eigenvalue weighted by Crippen LogP contribution is 2.26. The summed E-state index contributed by atoms with van der Waals surface area (Å²) >= 11 is 0. The molecule has 2 aromatic carbocycles. The quantitative estimate of drug-likeness (QED) is 0.0706. The number of amides is 2. The Balaban J connectivity index is 1.30. The van der Waals surface area contributed by atoms with Gasteiger partial charge in [-0.1, -0.05) is 19.3 Å². The van der Waals surface area contributed by atoms with Crippen LogP contribution < -0.4 is 15.4 Å². The van der Waals surface area contributed by atoms with Gasteiger partial charge in [-0.2, -0.15) is 0 Å². The third-order valence-corrected chi connectivity index (χ3v) is 9.49. The summed E-state index contributed by atoms with van der Waals surface area (Å²) in [6, 6.07) is 10.2. The third kappa shape index (κ3) is 19.6. The van der Waals surface area contributed by atoms with Crippen molar-refractivity contribution in [3.63, 3.8) is 0 Å². The standard InChI is InChI=1S/C38H49FN4O13S/c39-33-13-10-31(22-28(33)6-4-2-1-3-5-7-36(45)46)56-30-8-11-32(12-9-30)57(50,51)27-34-42-23-29(24-43-34)38(49)41-15-17-53-18-20-54-25-35(44)40-14-16-52-19-21-55-26-37(47)48/h8-13,22-24H,1-7,14-21,25-27H2,(H,40,44)(H,41,49)(H,45,46)(H,47,48). The van der Waals surface area contributed by atoms with Crippen molar-refractivity contribution < 1.29 is 65.9 Å². The van der Waals surface area contributed by atoms with Crippen LogP contribution in [-0.2, 0) is 55.3 Å². The number of carboxylic acid groups (broad SMARTS) is 2. The van der Waals surface area contributed by atoms with E-state index in [1.54, 1.807) is 6.07 Å². The zero-order chi connectivity index (χ0) is 41.3. The minimum atomic E-state index is -3.85. The molecular weight excluding hydrogens is 771 g/mol. The third-order valence-electron chi connectivity index (χ3n) is 7.86. The molecule has 3 rings (SSSR count). The number of carbonyl (C=O) groups is 4. The number of hydrogen-bond donors (Lipinski definition) is 4. The van der Waals surface area contributed by atoms with Gasteiger partial charge in [0, 0.05) is 31.9 Å². The molecule has 3 aromatic rings. The molecule has 312 valence electrons. The molecule has 17 nitrogen and oxygen atoms in total. The second kappa shape index (κ2) is 26.0. The Kier molecular flexibility index (Phi) is 21.1. The van der Waals surface area contributed by atoms with Crippen molar-refractivity contribution >= 4 is 33.6 Å². The lowest BCUT2D eigenvalue weighted by molar-refractivity contribution is -0.143. The van der Waals surface area contributed by atoms with Crippen LogP contribution in [0.5, 0.6) is 11.5 Å². The SMILES string of the molecule is O=C(O)CCCCCCCc1cc(Oc2ccc(S(=O)(=O)Cc3ncc(C(=O)NCCOCCOCC(=O)NCCOCCOCC(=O)O)cn3)cc2)ccc1F. The van der Waals surface area contributed by atoms with Gasteiger partial charge in [0.2, 0.25) is 5.91 Å². The van der Waals surface area contributed by atoms with Crippen LogP contribution in [0.2, 0.25) is 0 Å². The molecular formula is C38H49FN4O13S. The Morgan fingerprint density at radius 2 is 1.28 bits per heavy atom. The molecule has 0 saturated heterocycles. The van der Waals surface area contributed by atoms with Gasteiger partial charge in [0.1, 0.15) is 42.1 Å². The van der Waals surface area contributed by atoms with E-state index in [4.69, 9.17) is 33.9 Å². The van der Waals surface area contributed by atoms with Crippen molar-refractivity contribution in [3.8, 4) is 11.5 Å². The maximum Gasteiger partial charge on any atom is 0.329 e. The second-order valence-electron chi connectivity index (χ2n) is 12.5. The van der Waals surface area contributed by atoms with E-state index in [1.807, 2.05) is 0 Å². The van der Waals surface area contributed by atoms with E-state index in [9.17, 15) is 32.0 Å². The Bertz CT molecular complexity index is 1810. The van der Waals surface area contributed by atoms with E-state index in [2.05, 4.69) is 20.6 Å². The number of benzene rings is 2. The van der Waals surface area contributed by atoms with Crippen LogP contribution in [0.4, 0.5) is 4.39 Å². The normalized spacial score (nSPS) is 11.2. The maximum atomic E-state index is 14.4. The number of carboxylic acids is 2. The lowest BCUT2D eigenvalue weighted by Crippen LogP contribution is -2.31. The molecule has 0 aliphatic carbocycles. The van der Waals surface area contributed by atoms with Gasteiger partial charge < -0.3 is 44.5 Å². The van der Waals surface area contributed by atoms with Gasteiger partial charge >= 0.3 is 11.9 Å². The number of aliphatic carboxylic acids is 2. The van der Waals surface area contributed by atoms with E-state index in [-0.39, 0.29) is 93.8 Å². The average Bonchev–Trinajstić information content (AvgIpc) is 3.17. The molecule has 19 heteroatoms. The van der Waals surface area contributed by atoms with Crippen LogP contribution in [0.1, 0.15) is 60.3 Å². The first-order valence-corrected chi connectivity index (χ1v) is 20.0. The fourth-order valence-corrected chi connectivity index (χ4v) is 6.20. The summed E-state index contributed by atoms with van der Waals surface area (Å²) in [7, 11) is -3.85. The molecule has 0 unspecified atom stereocenters. The fraction of sp³-hybridized carbons (Fsp3) is 0.474.